The van der Waals surface area contributed by atoms with Crippen LogP contribution in [0.5, 0.6) is 0 Å². The molecule has 0 aliphatic heterocycles. The summed E-state index contributed by atoms with van der Waals surface area (Å²) in [5.74, 6) is 0. The van der Waals surface area contributed by atoms with E-state index in [1.165, 1.54) is 5.19 Å². The summed E-state index contributed by atoms with van der Waals surface area (Å²) in [6, 6.07) is 24.9. The molecule has 3 nitrogen and oxygen atoms in total. The third kappa shape index (κ3) is 5.11. The molecular formula is C22H25IO3SSi. The van der Waals surface area contributed by atoms with Gasteiger partial charge in [-0.05, 0) is 0 Å². The minimum absolute atomic E-state index is 0.204. The van der Waals surface area contributed by atoms with Crippen molar-refractivity contribution in [3.05, 3.63) is 91.6 Å². The van der Waals surface area contributed by atoms with Crippen LogP contribution in [0.1, 0.15) is 5.56 Å². The van der Waals surface area contributed by atoms with Crippen molar-refractivity contribution >= 4 is 43.6 Å². The molecule has 0 aliphatic carbocycles. The van der Waals surface area contributed by atoms with E-state index >= 15 is 0 Å². The number of halogens is 1. The van der Waals surface area contributed by atoms with Gasteiger partial charge >= 0.3 is 178 Å². The molecule has 0 unspecified atom stereocenters. The Balaban J connectivity index is 2.00. The van der Waals surface area contributed by atoms with E-state index in [1.54, 1.807) is 24.3 Å². The Hall–Kier alpha value is -1.48. The maximum atomic E-state index is 13.0. The van der Waals surface area contributed by atoms with Crippen molar-refractivity contribution in [2.45, 2.75) is 31.5 Å². The number of hydrogen-bond acceptors (Lipinski definition) is 3. The summed E-state index contributed by atoms with van der Waals surface area (Å²) >= 11 is -2.62. The van der Waals surface area contributed by atoms with Gasteiger partial charge in [-0.25, -0.2) is 0 Å². The van der Waals surface area contributed by atoms with Gasteiger partial charge in [0.2, 0.25) is 0 Å². The maximum absolute atomic E-state index is 13.0. The fraction of sp³-hybridized carbons (Fsp3) is 0.182. The molecule has 0 aromatic heterocycles. The normalized spacial score (nSPS) is 12.6. The molecule has 0 N–H and O–H groups in total. The Kier molecular flexibility index (Phi) is 6.43. The van der Waals surface area contributed by atoms with E-state index in [9.17, 15) is 8.42 Å². The molecule has 0 atom stereocenters. The second-order valence-corrected chi connectivity index (χ2v) is 19.2. The van der Waals surface area contributed by atoms with Crippen molar-refractivity contribution in [1.82, 2.24) is 0 Å². The van der Waals surface area contributed by atoms with Gasteiger partial charge in [0.15, 0.2) is 0 Å². The van der Waals surface area contributed by atoms with Gasteiger partial charge in [-0.2, -0.15) is 0 Å². The van der Waals surface area contributed by atoms with Crippen molar-refractivity contribution in [1.29, 1.82) is 0 Å². The molecule has 0 aliphatic rings. The number of rotatable bonds is 6. The molecule has 148 valence electrons. The van der Waals surface area contributed by atoms with Gasteiger partial charge in [-0.15, -0.1) is 0 Å². The van der Waals surface area contributed by atoms with Gasteiger partial charge in [-0.1, -0.05) is 0 Å². The monoisotopic (exact) mass is 524 g/mol. The quantitative estimate of drug-likeness (QED) is 0.320. The molecule has 0 spiro atoms. The van der Waals surface area contributed by atoms with E-state index < -0.39 is 38.4 Å². The Morgan fingerprint density at radius 2 is 1.29 bits per heavy atom. The summed E-state index contributed by atoms with van der Waals surface area (Å²) in [6.45, 7) is 8.83. The molecule has 0 saturated heterocycles. The summed E-state index contributed by atoms with van der Waals surface area (Å²) in [4.78, 5) is 0.204. The number of hydrogen-bond donors (Lipinski definition) is 0. The molecule has 0 saturated carbocycles. The zero-order chi connectivity index (χ0) is 20.4. The average molecular weight is 524 g/mol. The third-order valence-electron chi connectivity index (χ3n) is 4.30. The molecule has 3 aromatic carbocycles. The van der Waals surface area contributed by atoms with Crippen LogP contribution in [-0.2, 0) is 12.6 Å². The van der Waals surface area contributed by atoms with E-state index in [1.807, 2.05) is 37.3 Å². The fourth-order valence-electron chi connectivity index (χ4n) is 2.62. The van der Waals surface area contributed by atoms with E-state index in [-0.39, 0.29) is 4.90 Å². The minimum atomic E-state index is -3.83. The van der Waals surface area contributed by atoms with Crippen molar-refractivity contribution in [3.8, 4) is 0 Å². The van der Waals surface area contributed by atoms with Crippen LogP contribution in [0.25, 0.3) is 0 Å². The Labute approximate surface area is 176 Å². The van der Waals surface area contributed by atoms with Crippen LogP contribution in [0.2, 0.25) is 19.6 Å². The van der Waals surface area contributed by atoms with Crippen LogP contribution < -0.4 is 5.19 Å². The first-order valence-corrected chi connectivity index (χ1v) is 17.0. The zero-order valence-electron chi connectivity index (χ0n) is 16.5. The molecule has 3 rings (SSSR count). The van der Waals surface area contributed by atoms with Gasteiger partial charge in [0.1, 0.15) is 0 Å². The molecule has 0 heterocycles. The second kappa shape index (κ2) is 8.48. The predicted molar refractivity (Wildman–Crippen MR) is 127 cm³/mol. The van der Waals surface area contributed by atoms with Gasteiger partial charge in [0.25, 0.3) is 0 Å². The number of benzene rings is 3. The summed E-state index contributed by atoms with van der Waals surface area (Å²) in [7, 11) is -5.25. The van der Waals surface area contributed by atoms with Crippen LogP contribution in [-0.4, -0.2) is 16.5 Å². The van der Waals surface area contributed by atoms with Crippen LogP contribution in [0.3, 0.4) is 0 Å². The second-order valence-electron chi connectivity index (χ2n) is 7.63. The van der Waals surface area contributed by atoms with Crippen LogP contribution >= 0.6 is 20.2 Å². The topological polar surface area (TPSA) is 43.4 Å². The van der Waals surface area contributed by atoms with Gasteiger partial charge < -0.3 is 0 Å². The van der Waals surface area contributed by atoms with Crippen LogP contribution in [0, 0.1) is 14.1 Å². The summed E-state index contributed by atoms with van der Waals surface area (Å²) in [6.07, 6.45) is 0. The van der Waals surface area contributed by atoms with Crippen molar-refractivity contribution in [3.63, 3.8) is 0 Å². The molecule has 0 amide bonds. The summed E-state index contributed by atoms with van der Waals surface area (Å²) < 4.78 is 33.7. The van der Waals surface area contributed by atoms with Crippen molar-refractivity contribution in [2.24, 2.45) is 0 Å². The zero-order valence-corrected chi connectivity index (χ0v) is 20.5. The van der Waals surface area contributed by atoms with Crippen LogP contribution in [0.4, 0.5) is 0 Å². The third-order valence-corrected chi connectivity index (χ3v) is 13.7. The van der Waals surface area contributed by atoms with Crippen LogP contribution in [0.15, 0.2) is 83.8 Å². The molecule has 28 heavy (non-hydrogen) atoms. The fourth-order valence-corrected chi connectivity index (χ4v) is 10.7. The first-order valence-electron chi connectivity index (χ1n) is 9.04. The number of aryl methyl sites for hydroxylation is 1. The van der Waals surface area contributed by atoms with Gasteiger partial charge in [-0.3, -0.25) is 0 Å². The first-order chi connectivity index (χ1) is 13.2. The first kappa shape index (κ1) is 21.2. The van der Waals surface area contributed by atoms with E-state index in [0.29, 0.717) is 0 Å². The molecule has 0 radical (unpaired) electrons. The van der Waals surface area contributed by atoms with E-state index in [0.717, 1.165) is 12.7 Å². The molecule has 0 fully saturated rings. The standard InChI is InChI=1S/C22H25IO3SSi/c1-18-10-14-21(15-11-18)27(24,25)26-23(19-8-6-5-7-9-19)20-12-16-22(17-13-20)28(2,3)4/h5-17H,1-4H3. The van der Waals surface area contributed by atoms with Crippen molar-refractivity contribution in [2.75, 3.05) is 0 Å². The molecule has 3 aromatic rings. The average Bonchev–Trinajstić information content (AvgIpc) is 2.67. The van der Waals surface area contributed by atoms with Gasteiger partial charge in [0.05, 0.1) is 0 Å². The Morgan fingerprint density at radius 3 is 1.82 bits per heavy atom. The van der Waals surface area contributed by atoms with E-state index in [2.05, 4.69) is 43.9 Å². The SMILES string of the molecule is Cc1ccc(S(=O)(=O)OI(c2ccccc2)c2ccc([Si](C)(C)C)cc2)cc1. The van der Waals surface area contributed by atoms with Crippen molar-refractivity contribution < 1.29 is 10.9 Å². The Bertz CT molecular complexity index is 1030. The molecule has 6 heteroatoms. The van der Waals surface area contributed by atoms with E-state index in [4.69, 9.17) is 2.51 Å². The summed E-state index contributed by atoms with van der Waals surface area (Å²) in [5, 5.41) is 1.35. The molecule has 0 bridgehead atoms. The van der Waals surface area contributed by atoms with Gasteiger partial charge in [0, 0.05) is 0 Å². The predicted octanol–water partition coefficient (Wildman–Crippen LogP) is 5.41. The Morgan fingerprint density at radius 1 is 0.750 bits per heavy atom. The summed E-state index contributed by atoms with van der Waals surface area (Å²) in [5.41, 5.74) is 1.01. The molecular weight excluding hydrogens is 499 g/mol.